The average Bonchev–Trinajstić information content (AvgIpc) is 2.37. The van der Waals surface area contributed by atoms with E-state index in [9.17, 15) is 9.90 Å². The van der Waals surface area contributed by atoms with Crippen molar-refractivity contribution < 1.29 is 24.5 Å². The van der Waals surface area contributed by atoms with Gasteiger partial charge in [0.05, 0.1) is 31.5 Å². The Bertz CT molecular complexity index is 428. The second kappa shape index (κ2) is 5.70. The molecule has 3 N–H and O–H groups in total. The Kier molecular flexibility index (Phi) is 4.01. The van der Waals surface area contributed by atoms with Gasteiger partial charge in [0.15, 0.2) is 0 Å². The van der Waals surface area contributed by atoms with E-state index in [1.54, 1.807) is 0 Å². The third-order valence-electron chi connectivity index (χ3n) is 2.60. The monoisotopic (exact) mass is 253 g/mol. The van der Waals surface area contributed by atoms with Gasteiger partial charge >= 0.3 is 0 Å². The molecule has 1 aromatic carbocycles. The van der Waals surface area contributed by atoms with Crippen LogP contribution in [0.5, 0.6) is 11.5 Å². The molecule has 1 unspecified atom stereocenters. The van der Waals surface area contributed by atoms with Crippen LogP contribution < -0.4 is 5.32 Å². The minimum atomic E-state index is -0.415. The number of amides is 1. The van der Waals surface area contributed by atoms with Gasteiger partial charge in [-0.2, -0.15) is 0 Å². The Balaban J connectivity index is 1.90. The Morgan fingerprint density at radius 2 is 2.22 bits per heavy atom. The van der Waals surface area contributed by atoms with E-state index in [4.69, 9.17) is 14.6 Å². The van der Waals surface area contributed by atoms with Crippen LogP contribution in [-0.4, -0.2) is 48.6 Å². The summed E-state index contributed by atoms with van der Waals surface area (Å²) in [5.41, 5.74) is 0.115. The van der Waals surface area contributed by atoms with Gasteiger partial charge in [0.2, 0.25) is 0 Å². The van der Waals surface area contributed by atoms with Crippen LogP contribution in [0.2, 0.25) is 0 Å². The van der Waals surface area contributed by atoms with Gasteiger partial charge in [0.25, 0.3) is 5.91 Å². The lowest BCUT2D eigenvalue weighted by Gasteiger charge is -2.23. The van der Waals surface area contributed by atoms with Crippen LogP contribution in [0, 0.1) is 0 Å². The number of carbonyl (C=O) groups excluding carboxylic acids is 1. The summed E-state index contributed by atoms with van der Waals surface area (Å²) in [5, 5.41) is 21.3. The van der Waals surface area contributed by atoms with Crippen LogP contribution in [0.1, 0.15) is 10.4 Å². The minimum absolute atomic E-state index is 0.0898. The number of hydrogen-bond acceptors (Lipinski definition) is 5. The number of benzene rings is 1. The fourth-order valence-corrected chi connectivity index (χ4v) is 1.67. The Morgan fingerprint density at radius 3 is 2.89 bits per heavy atom. The molecule has 6 nitrogen and oxygen atoms in total. The smallest absolute Gasteiger partial charge is 0.255 e. The molecule has 0 aromatic heterocycles. The van der Waals surface area contributed by atoms with Crippen molar-refractivity contribution in [1.29, 1.82) is 0 Å². The summed E-state index contributed by atoms with van der Waals surface area (Å²) in [6, 6.07) is 3.82. The quantitative estimate of drug-likeness (QED) is 0.718. The van der Waals surface area contributed by atoms with Crippen LogP contribution in [0.25, 0.3) is 0 Å². The molecular formula is C12H15NO5. The molecule has 1 aromatic rings. The molecule has 6 heteroatoms. The number of ether oxygens (including phenoxy) is 2. The summed E-state index contributed by atoms with van der Waals surface area (Å²) in [6.07, 6.45) is -0.165. The minimum Gasteiger partial charge on any atom is -0.508 e. The molecule has 1 aliphatic heterocycles. The first-order valence-corrected chi connectivity index (χ1v) is 5.66. The zero-order valence-electron chi connectivity index (χ0n) is 9.76. The van der Waals surface area contributed by atoms with Crippen molar-refractivity contribution >= 4 is 5.91 Å². The van der Waals surface area contributed by atoms with Crippen molar-refractivity contribution in [2.24, 2.45) is 0 Å². The number of rotatable bonds is 3. The molecule has 0 spiro atoms. The van der Waals surface area contributed by atoms with Crippen LogP contribution in [0.4, 0.5) is 0 Å². The maximum atomic E-state index is 11.8. The van der Waals surface area contributed by atoms with E-state index in [2.05, 4.69) is 5.32 Å². The number of aromatic hydroxyl groups is 2. The Morgan fingerprint density at radius 1 is 1.39 bits per heavy atom. The molecule has 1 saturated heterocycles. The predicted molar refractivity (Wildman–Crippen MR) is 62.7 cm³/mol. The zero-order valence-corrected chi connectivity index (χ0v) is 9.76. The van der Waals surface area contributed by atoms with E-state index in [1.165, 1.54) is 12.1 Å². The molecule has 1 aliphatic rings. The van der Waals surface area contributed by atoms with Gasteiger partial charge in [0.1, 0.15) is 11.5 Å². The predicted octanol–water partition coefficient (Wildman–Crippen LogP) is 0.243. The summed E-state index contributed by atoms with van der Waals surface area (Å²) in [5.74, 6) is -0.761. The van der Waals surface area contributed by atoms with Gasteiger partial charge < -0.3 is 25.0 Å². The van der Waals surface area contributed by atoms with Crippen molar-refractivity contribution in [2.45, 2.75) is 6.10 Å². The van der Waals surface area contributed by atoms with Crippen molar-refractivity contribution in [1.82, 2.24) is 5.32 Å². The van der Waals surface area contributed by atoms with Gasteiger partial charge in [-0.15, -0.1) is 0 Å². The van der Waals surface area contributed by atoms with Crippen LogP contribution >= 0.6 is 0 Å². The second-order valence-corrected chi connectivity index (χ2v) is 3.98. The number of phenolic OH excluding ortho intramolecular Hbond substituents is 2. The highest BCUT2D eigenvalue weighted by molar-refractivity contribution is 5.96. The summed E-state index contributed by atoms with van der Waals surface area (Å²) in [7, 11) is 0. The first kappa shape index (κ1) is 12.7. The van der Waals surface area contributed by atoms with E-state index in [0.29, 0.717) is 26.4 Å². The molecule has 2 rings (SSSR count). The first-order valence-electron chi connectivity index (χ1n) is 5.66. The van der Waals surface area contributed by atoms with Crippen LogP contribution in [0.3, 0.4) is 0 Å². The number of phenols is 2. The molecule has 0 radical (unpaired) electrons. The maximum Gasteiger partial charge on any atom is 0.255 e. The first-order chi connectivity index (χ1) is 8.66. The summed E-state index contributed by atoms with van der Waals surface area (Å²) in [4.78, 5) is 11.8. The standard InChI is InChI=1S/C12H15NO5/c14-8-1-2-10(11(15)5-8)12(16)13-6-9-7-17-3-4-18-9/h1-2,5,9,14-15H,3-4,6-7H2,(H,13,16). The molecule has 0 bridgehead atoms. The summed E-state index contributed by atoms with van der Waals surface area (Å²) >= 11 is 0. The Labute approximate surface area is 104 Å². The number of hydrogen-bond donors (Lipinski definition) is 3. The van der Waals surface area contributed by atoms with Crippen LogP contribution in [0.15, 0.2) is 18.2 Å². The topological polar surface area (TPSA) is 88.0 Å². The Hall–Kier alpha value is -1.79. The van der Waals surface area contributed by atoms with E-state index >= 15 is 0 Å². The summed E-state index contributed by atoms with van der Waals surface area (Å²) < 4.78 is 10.6. The molecule has 1 amide bonds. The molecule has 0 aliphatic carbocycles. The molecule has 1 fully saturated rings. The van der Waals surface area contributed by atoms with Crippen molar-refractivity contribution in [2.75, 3.05) is 26.4 Å². The lowest BCUT2D eigenvalue weighted by atomic mass is 10.1. The zero-order chi connectivity index (χ0) is 13.0. The van der Waals surface area contributed by atoms with E-state index in [-0.39, 0.29) is 23.2 Å². The normalized spacial score (nSPS) is 19.4. The summed E-state index contributed by atoms with van der Waals surface area (Å²) in [6.45, 7) is 1.86. The second-order valence-electron chi connectivity index (χ2n) is 3.98. The highest BCUT2D eigenvalue weighted by atomic mass is 16.6. The fraction of sp³-hybridized carbons (Fsp3) is 0.417. The number of carbonyl (C=O) groups is 1. The highest BCUT2D eigenvalue weighted by Crippen LogP contribution is 2.22. The van der Waals surface area contributed by atoms with E-state index in [0.717, 1.165) is 6.07 Å². The van der Waals surface area contributed by atoms with Crippen molar-refractivity contribution in [3.05, 3.63) is 23.8 Å². The van der Waals surface area contributed by atoms with E-state index < -0.39 is 5.91 Å². The highest BCUT2D eigenvalue weighted by Gasteiger charge is 2.17. The third kappa shape index (κ3) is 3.12. The molecule has 1 atom stereocenters. The SMILES string of the molecule is O=C(NCC1COCCO1)c1ccc(O)cc1O. The van der Waals surface area contributed by atoms with Crippen molar-refractivity contribution in [3.8, 4) is 11.5 Å². The van der Waals surface area contributed by atoms with Gasteiger partial charge in [-0.3, -0.25) is 4.79 Å². The van der Waals surface area contributed by atoms with Gasteiger partial charge in [-0.25, -0.2) is 0 Å². The largest absolute Gasteiger partial charge is 0.508 e. The lowest BCUT2D eigenvalue weighted by molar-refractivity contribution is -0.0855. The molecule has 0 saturated carbocycles. The van der Waals surface area contributed by atoms with Gasteiger partial charge in [-0.1, -0.05) is 0 Å². The average molecular weight is 253 g/mol. The van der Waals surface area contributed by atoms with Gasteiger partial charge in [-0.05, 0) is 12.1 Å². The molecular weight excluding hydrogens is 238 g/mol. The number of nitrogens with one attached hydrogen (secondary N) is 1. The molecule has 18 heavy (non-hydrogen) atoms. The lowest BCUT2D eigenvalue weighted by Crippen LogP contribution is -2.39. The molecule has 98 valence electrons. The maximum absolute atomic E-state index is 11.8. The van der Waals surface area contributed by atoms with E-state index in [1.807, 2.05) is 0 Å². The molecule has 1 heterocycles. The van der Waals surface area contributed by atoms with Gasteiger partial charge in [0, 0.05) is 12.6 Å². The van der Waals surface area contributed by atoms with Crippen LogP contribution in [-0.2, 0) is 9.47 Å². The fourth-order valence-electron chi connectivity index (χ4n) is 1.67. The van der Waals surface area contributed by atoms with Crippen molar-refractivity contribution in [3.63, 3.8) is 0 Å². The third-order valence-corrected chi connectivity index (χ3v) is 2.60.